The fourth-order valence-electron chi connectivity index (χ4n) is 11.1. The maximum Gasteiger partial charge on any atom is 0.162 e. The van der Waals surface area contributed by atoms with Gasteiger partial charge < -0.3 is 23.1 Å². The molecule has 11 aromatic carbocycles. The number of para-hydroxylation sites is 7. The zero-order valence-electron chi connectivity index (χ0n) is 39.1. The van der Waals surface area contributed by atoms with E-state index in [2.05, 4.69) is 254 Å². The predicted octanol–water partition coefficient (Wildman–Crippen LogP) is 19.4. The molecule has 71 heavy (non-hydrogen) atoms. The second-order valence-corrected chi connectivity index (χ2v) is 18.4. The van der Waals surface area contributed by atoms with Gasteiger partial charge in [0, 0.05) is 60.2 Å². The summed E-state index contributed by atoms with van der Waals surface area (Å²) < 4.78 is 21.8. The highest BCUT2D eigenvalue weighted by Crippen LogP contribution is 2.56. The lowest BCUT2D eigenvalue weighted by molar-refractivity contribution is 0.667. The molecule has 0 amide bonds. The Morgan fingerprint density at radius 3 is 1.17 bits per heavy atom. The van der Waals surface area contributed by atoms with E-state index < -0.39 is 0 Å². The van der Waals surface area contributed by atoms with Crippen LogP contribution in [0.1, 0.15) is 11.1 Å². The number of aryl methyl sites for hydroxylation is 2. The van der Waals surface area contributed by atoms with Gasteiger partial charge in [0.05, 0.1) is 28.1 Å². The molecule has 336 valence electrons. The monoisotopic (exact) mass is 912 g/mol. The van der Waals surface area contributed by atoms with E-state index in [4.69, 9.17) is 13.3 Å². The van der Waals surface area contributed by atoms with Crippen molar-refractivity contribution in [1.82, 2.24) is 0 Å². The molecule has 0 spiro atoms. The quantitative estimate of drug-likeness (QED) is 0.142. The highest BCUT2D eigenvalue weighted by Gasteiger charge is 2.32. The minimum absolute atomic E-state index is 0.747. The predicted molar refractivity (Wildman–Crippen MR) is 295 cm³/mol. The van der Waals surface area contributed by atoms with Crippen molar-refractivity contribution in [1.29, 1.82) is 0 Å². The molecule has 0 aliphatic rings. The normalized spacial score (nSPS) is 11.8. The molecule has 0 saturated carbocycles. The lowest BCUT2D eigenvalue weighted by Crippen LogP contribution is -2.14. The average Bonchev–Trinajstić information content (AvgIpc) is 4.13. The number of furan rings is 3. The van der Waals surface area contributed by atoms with Crippen molar-refractivity contribution < 1.29 is 13.3 Å². The fourth-order valence-corrected chi connectivity index (χ4v) is 11.1. The highest BCUT2D eigenvalue weighted by atomic mass is 16.3. The Morgan fingerprint density at radius 1 is 0.268 bits per heavy atom. The first-order valence-electron chi connectivity index (χ1n) is 24.2. The minimum atomic E-state index is 0.747. The van der Waals surface area contributed by atoms with Gasteiger partial charge in [0.25, 0.3) is 0 Å². The number of benzene rings is 11. The van der Waals surface area contributed by atoms with Crippen molar-refractivity contribution >= 4 is 111 Å². The summed E-state index contributed by atoms with van der Waals surface area (Å²) in [6.07, 6.45) is 0. The van der Waals surface area contributed by atoms with E-state index in [0.29, 0.717) is 0 Å². The van der Waals surface area contributed by atoms with Crippen LogP contribution < -0.4 is 9.80 Å². The van der Waals surface area contributed by atoms with E-state index in [0.717, 1.165) is 133 Å². The zero-order chi connectivity index (χ0) is 47.2. The molecule has 0 saturated heterocycles. The van der Waals surface area contributed by atoms with E-state index in [1.165, 1.54) is 11.1 Å². The third-order valence-electron chi connectivity index (χ3n) is 14.3. The molecule has 14 rings (SSSR count). The van der Waals surface area contributed by atoms with Crippen LogP contribution in [-0.2, 0) is 0 Å². The molecule has 0 unspecified atom stereocenters. The van der Waals surface area contributed by atoms with Crippen molar-refractivity contribution in [3.63, 3.8) is 0 Å². The van der Waals surface area contributed by atoms with E-state index in [9.17, 15) is 0 Å². The summed E-state index contributed by atoms with van der Waals surface area (Å²) in [6, 6.07) is 81.4. The van der Waals surface area contributed by atoms with Crippen LogP contribution in [-0.4, -0.2) is 0 Å². The average molecular weight is 913 g/mol. The smallest absolute Gasteiger partial charge is 0.162 e. The van der Waals surface area contributed by atoms with Crippen molar-refractivity contribution in [2.45, 2.75) is 13.8 Å². The molecule has 0 atom stereocenters. The zero-order valence-corrected chi connectivity index (χ0v) is 39.1. The Kier molecular flexibility index (Phi) is 9.26. The Bertz CT molecular complexity index is 4390. The summed E-state index contributed by atoms with van der Waals surface area (Å²) in [6.45, 7) is 4.32. The number of fused-ring (bicyclic) bond motifs is 10. The third kappa shape index (κ3) is 6.26. The van der Waals surface area contributed by atoms with E-state index >= 15 is 0 Å². The molecule has 5 heteroatoms. The Balaban J connectivity index is 1.09. The Labute approximate surface area is 409 Å². The molecule has 0 radical (unpaired) electrons. The lowest BCUT2D eigenvalue weighted by atomic mass is 9.97. The van der Waals surface area contributed by atoms with Crippen LogP contribution in [0.15, 0.2) is 244 Å². The topological polar surface area (TPSA) is 45.9 Å². The van der Waals surface area contributed by atoms with Gasteiger partial charge in [-0.1, -0.05) is 188 Å². The van der Waals surface area contributed by atoms with Crippen LogP contribution in [0, 0.1) is 13.8 Å². The molecule has 3 heterocycles. The van der Waals surface area contributed by atoms with Crippen LogP contribution in [0.2, 0.25) is 0 Å². The maximum atomic E-state index is 7.33. The molecule has 0 bridgehead atoms. The molecular formula is C66H44N2O3. The maximum absolute atomic E-state index is 7.33. The Hall–Kier alpha value is -9.32. The molecule has 5 nitrogen and oxygen atoms in total. The highest BCUT2D eigenvalue weighted by molar-refractivity contribution is 6.29. The standard InChI is InChI=1S/C66H44N2O3/c1-41-21-9-11-27-45(41)49-32-17-34-51-53-36-19-38-56(64(53)70-62(49)51)67(43-23-5-3-6-24-43)60-47-29-13-14-30-48(47)61(66-59(60)55-31-15-16-40-58(55)69-66)68(44-25-7-4-8-26-44)57-39-20-37-54-52-35-18-33-50(63(52)71-65(54)57)46-28-12-10-22-42(46)2/h3-40H,1-2H3. The molecular weight excluding hydrogens is 869 g/mol. The second kappa shape index (κ2) is 16.2. The number of nitrogens with zero attached hydrogens (tertiary/aromatic N) is 2. The largest absolute Gasteiger partial charge is 0.454 e. The Morgan fingerprint density at radius 2 is 0.648 bits per heavy atom. The molecule has 14 aromatic rings. The molecule has 0 aliphatic heterocycles. The van der Waals surface area contributed by atoms with Crippen molar-refractivity contribution in [3.8, 4) is 22.3 Å². The van der Waals surface area contributed by atoms with Crippen LogP contribution in [0.5, 0.6) is 0 Å². The SMILES string of the molecule is Cc1ccccc1-c1cccc2c1oc1c(N(c3ccccc3)c3c4ccccc4c(N(c4ccccc4)c4cccc5c4oc4c(-c6ccccc6C)cccc45)c4c3oc3ccccc34)cccc12. The number of hydrogen-bond donors (Lipinski definition) is 0. The van der Waals surface area contributed by atoms with Gasteiger partial charge in [-0.15, -0.1) is 0 Å². The van der Waals surface area contributed by atoms with Gasteiger partial charge in [0.2, 0.25) is 0 Å². The van der Waals surface area contributed by atoms with Gasteiger partial charge in [-0.2, -0.15) is 0 Å². The van der Waals surface area contributed by atoms with Gasteiger partial charge in [0.15, 0.2) is 16.7 Å². The van der Waals surface area contributed by atoms with Crippen LogP contribution in [0.25, 0.3) is 98.8 Å². The summed E-state index contributed by atoms with van der Waals surface area (Å²) in [5.74, 6) is 0. The summed E-state index contributed by atoms with van der Waals surface area (Å²) in [5.41, 5.74) is 17.3. The first kappa shape index (κ1) is 40.7. The van der Waals surface area contributed by atoms with Crippen molar-refractivity contribution in [2.75, 3.05) is 9.80 Å². The van der Waals surface area contributed by atoms with Gasteiger partial charge in [-0.05, 0) is 78.6 Å². The van der Waals surface area contributed by atoms with Crippen LogP contribution in [0.4, 0.5) is 34.1 Å². The fraction of sp³-hybridized carbons (Fsp3) is 0.0303. The van der Waals surface area contributed by atoms with Gasteiger partial charge in [-0.3, -0.25) is 0 Å². The van der Waals surface area contributed by atoms with Crippen LogP contribution in [0.3, 0.4) is 0 Å². The first-order valence-corrected chi connectivity index (χ1v) is 24.2. The molecule has 0 N–H and O–H groups in total. The van der Waals surface area contributed by atoms with E-state index in [1.807, 2.05) is 0 Å². The minimum Gasteiger partial charge on any atom is -0.454 e. The summed E-state index contributed by atoms with van der Waals surface area (Å²) >= 11 is 0. The molecule has 0 fully saturated rings. The number of anilines is 6. The number of rotatable bonds is 8. The van der Waals surface area contributed by atoms with E-state index in [-0.39, 0.29) is 0 Å². The van der Waals surface area contributed by atoms with Gasteiger partial charge in [0.1, 0.15) is 16.7 Å². The van der Waals surface area contributed by atoms with E-state index in [1.54, 1.807) is 0 Å². The van der Waals surface area contributed by atoms with Gasteiger partial charge >= 0.3 is 0 Å². The third-order valence-corrected chi connectivity index (χ3v) is 14.3. The lowest BCUT2D eigenvalue weighted by Gasteiger charge is -2.31. The molecule has 0 aliphatic carbocycles. The summed E-state index contributed by atoms with van der Waals surface area (Å²) in [4.78, 5) is 4.73. The van der Waals surface area contributed by atoms with Crippen LogP contribution >= 0.6 is 0 Å². The first-order chi connectivity index (χ1) is 35.1. The van der Waals surface area contributed by atoms with Gasteiger partial charge in [-0.25, -0.2) is 0 Å². The van der Waals surface area contributed by atoms with Crippen molar-refractivity contribution in [3.05, 3.63) is 242 Å². The summed E-state index contributed by atoms with van der Waals surface area (Å²) in [7, 11) is 0. The second-order valence-electron chi connectivity index (χ2n) is 18.4. The number of hydrogen-bond acceptors (Lipinski definition) is 5. The molecule has 3 aromatic heterocycles. The summed E-state index contributed by atoms with van der Waals surface area (Å²) in [5, 5.41) is 8.24. The van der Waals surface area contributed by atoms with Crippen molar-refractivity contribution in [2.24, 2.45) is 0 Å².